The van der Waals surface area contributed by atoms with E-state index in [0.717, 1.165) is 24.8 Å². The number of carboxylic acid groups (broad SMARTS) is 1. The molecular formula is C12H18NNaO4. The first-order chi connectivity index (χ1) is 7.95. The van der Waals surface area contributed by atoms with Gasteiger partial charge in [0.05, 0.1) is 24.4 Å². The molecule has 96 valence electrons. The number of rotatable bonds is 5. The maximum Gasteiger partial charge on any atom is 1.00 e. The number of ether oxygens (including phenoxy) is 1. The number of aliphatic carboxylic acids is 1. The fourth-order valence-corrected chi connectivity index (χ4v) is 2.04. The van der Waals surface area contributed by atoms with Gasteiger partial charge < -0.3 is 19.8 Å². The van der Waals surface area contributed by atoms with Crippen LogP contribution in [0.25, 0.3) is 0 Å². The van der Waals surface area contributed by atoms with Crippen LogP contribution in [0.3, 0.4) is 0 Å². The van der Waals surface area contributed by atoms with Gasteiger partial charge in [0.25, 0.3) is 0 Å². The largest absolute Gasteiger partial charge is 1.00 e. The monoisotopic (exact) mass is 263 g/mol. The Bertz CT molecular complexity index is 339. The maximum absolute atomic E-state index is 10.4. The molecule has 0 spiro atoms. The van der Waals surface area contributed by atoms with Crippen LogP contribution in [0.5, 0.6) is 0 Å². The second kappa shape index (κ2) is 7.94. The van der Waals surface area contributed by atoms with Crippen LogP contribution in [0.15, 0.2) is 16.8 Å². The molecule has 1 unspecified atom stereocenters. The summed E-state index contributed by atoms with van der Waals surface area (Å²) in [6, 6.07) is 0. The van der Waals surface area contributed by atoms with Gasteiger partial charge in [0, 0.05) is 0 Å². The van der Waals surface area contributed by atoms with E-state index in [9.17, 15) is 9.90 Å². The molecule has 0 aromatic rings. The summed E-state index contributed by atoms with van der Waals surface area (Å²) in [5.41, 5.74) is 0.512. The molecule has 0 saturated carbocycles. The molecule has 18 heavy (non-hydrogen) atoms. The minimum absolute atomic E-state index is 0. The third-order valence-electron chi connectivity index (χ3n) is 3.21. The second-order valence-corrected chi connectivity index (χ2v) is 4.76. The fraction of sp³-hybridized carbons (Fsp3) is 0.667. The summed E-state index contributed by atoms with van der Waals surface area (Å²) in [4.78, 5) is 10.4. The quantitative estimate of drug-likeness (QED) is 0.262. The van der Waals surface area contributed by atoms with E-state index in [4.69, 9.17) is 9.94 Å². The molecular weight excluding hydrogens is 245 g/mol. The third kappa shape index (κ3) is 5.52. The smallest absolute Gasteiger partial charge is 0.548 e. The Morgan fingerprint density at radius 1 is 1.72 bits per heavy atom. The molecule has 5 nitrogen and oxygen atoms in total. The van der Waals surface area contributed by atoms with E-state index in [0.29, 0.717) is 0 Å². The molecule has 0 aromatic heterocycles. The van der Waals surface area contributed by atoms with Crippen LogP contribution in [-0.2, 0) is 9.53 Å². The van der Waals surface area contributed by atoms with Gasteiger partial charge in [0.15, 0.2) is 0 Å². The SMILES string of the molecule is CC(C)(OCC(=O)[O-])C1CC=C(C=NO)CC1.[Na+]. The first kappa shape index (κ1) is 17.6. The molecule has 0 radical (unpaired) electrons. The Kier molecular flexibility index (Phi) is 7.78. The summed E-state index contributed by atoms with van der Waals surface area (Å²) < 4.78 is 5.35. The van der Waals surface area contributed by atoms with Gasteiger partial charge in [0.1, 0.15) is 0 Å². The van der Waals surface area contributed by atoms with Crippen molar-refractivity contribution in [2.24, 2.45) is 11.1 Å². The van der Waals surface area contributed by atoms with E-state index in [-0.39, 0.29) is 42.1 Å². The van der Waals surface area contributed by atoms with Crippen LogP contribution in [0.1, 0.15) is 33.1 Å². The number of hydrogen-bond acceptors (Lipinski definition) is 5. The van der Waals surface area contributed by atoms with Crippen LogP contribution >= 0.6 is 0 Å². The summed E-state index contributed by atoms with van der Waals surface area (Å²) in [6.45, 7) is 3.40. The normalized spacial score (nSPS) is 20.3. The number of carbonyl (C=O) groups excluding carboxylic acids is 1. The zero-order valence-corrected chi connectivity index (χ0v) is 13.2. The Morgan fingerprint density at radius 3 is 2.83 bits per heavy atom. The fourth-order valence-electron chi connectivity index (χ4n) is 2.04. The first-order valence-corrected chi connectivity index (χ1v) is 5.66. The van der Waals surface area contributed by atoms with Gasteiger partial charge in [-0.05, 0) is 44.6 Å². The van der Waals surface area contributed by atoms with Crippen molar-refractivity contribution in [1.82, 2.24) is 0 Å². The average molecular weight is 263 g/mol. The predicted octanol–water partition coefficient (Wildman–Crippen LogP) is -2.28. The average Bonchev–Trinajstić information content (AvgIpc) is 2.28. The molecule has 1 aliphatic rings. The molecule has 0 bridgehead atoms. The number of carboxylic acids is 1. The molecule has 0 saturated heterocycles. The van der Waals surface area contributed by atoms with Crippen LogP contribution in [-0.4, -0.2) is 29.6 Å². The zero-order valence-electron chi connectivity index (χ0n) is 11.2. The van der Waals surface area contributed by atoms with E-state index in [2.05, 4.69) is 5.16 Å². The van der Waals surface area contributed by atoms with Gasteiger partial charge in [-0.2, -0.15) is 0 Å². The van der Waals surface area contributed by atoms with Crippen molar-refractivity contribution in [2.45, 2.75) is 38.7 Å². The van der Waals surface area contributed by atoms with Crippen molar-refractivity contribution in [3.8, 4) is 0 Å². The van der Waals surface area contributed by atoms with Gasteiger partial charge in [0.2, 0.25) is 0 Å². The summed E-state index contributed by atoms with van der Waals surface area (Å²) >= 11 is 0. The predicted molar refractivity (Wildman–Crippen MR) is 60.7 cm³/mol. The first-order valence-electron chi connectivity index (χ1n) is 5.66. The van der Waals surface area contributed by atoms with Gasteiger partial charge in [-0.1, -0.05) is 11.2 Å². The molecule has 0 fully saturated rings. The van der Waals surface area contributed by atoms with E-state index >= 15 is 0 Å². The molecule has 1 atom stereocenters. The molecule has 0 aromatic carbocycles. The van der Waals surface area contributed by atoms with E-state index in [1.807, 2.05) is 19.9 Å². The number of oxime groups is 1. The van der Waals surface area contributed by atoms with Crippen molar-refractivity contribution >= 4 is 12.2 Å². The topological polar surface area (TPSA) is 82.0 Å². The van der Waals surface area contributed by atoms with E-state index in [1.165, 1.54) is 6.21 Å². The zero-order chi connectivity index (χ0) is 12.9. The summed E-state index contributed by atoms with van der Waals surface area (Å²) in [7, 11) is 0. The second-order valence-electron chi connectivity index (χ2n) is 4.76. The maximum atomic E-state index is 10.4. The van der Waals surface area contributed by atoms with Crippen molar-refractivity contribution in [1.29, 1.82) is 0 Å². The third-order valence-corrected chi connectivity index (χ3v) is 3.21. The van der Waals surface area contributed by atoms with E-state index < -0.39 is 11.6 Å². The standard InChI is InChI=1S/C12H19NO4.Na/c1-12(2,17-8-11(14)15)10-5-3-9(4-6-10)7-13-16;/h3,7,10,16H,4-6,8H2,1-2H3,(H,14,15);/q;+1/p-1. The Hall–Kier alpha value is -0.360. The van der Waals surface area contributed by atoms with Crippen LogP contribution in [0.4, 0.5) is 0 Å². The number of carbonyl (C=O) groups is 1. The van der Waals surface area contributed by atoms with Crippen molar-refractivity contribution < 1.29 is 49.4 Å². The number of allylic oxidation sites excluding steroid dienone is 2. The minimum Gasteiger partial charge on any atom is -0.548 e. The Morgan fingerprint density at radius 2 is 2.39 bits per heavy atom. The molecule has 1 N–H and O–H groups in total. The summed E-state index contributed by atoms with van der Waals surface area (Å²) in [5, 5.41) is 21.8. The van der Waals surface area contributed by atoms with Gasteiger partial charge in [-0.25, -0.2) is 0 Å². The molecule has 1 rings (SSSR count). The molecule has 0 heterocycles. The van der Waals surface area contributed by atoms with E-state index in [1.54, 1.807) is 0 Å². The van der Waals surface area contributed by atoms with Gasteiger partial charge >= 0.3 is 29.6 Å². The van der Waals surface area contributed by atoms with Crippen LogP contribution in [0.2, 0.25) is 0 Å². The van der Waals surface area contributed by atoms with Crippen molar-refractivity contribution in [3.63, 3.8) is 0 Å². The molecule has 6 heteroatoms. The molecule has 0 amide bonds. The number of hydrogen-bond donors (Lipinski definition) is 1. The van der Waals surface area contributed by atoms with Crippen LogP contribution in [0, 0.1) is 5.92 Å². The Labute approximate surface area is 129 Å². The van der Waals surface area contributed by atoms with Gasteiger partial charge in [-0.15, -0.1) is 0 Å². The Balaban J connectivity index is 0.00000289. The summed E-state index contributed by atoms with van der Waals surface area (Å²) in [6.07, 6.45) is 5.93. The molecule has 0 aliphatic heterocycles. The number of nitrogens with zero attached hydrogens (tertiary/aromatic N) is 1. The van der Waals surface area contributed by atoms with Crippen molar-refractivity contribution in [2.75, 3.05) is 6.61 Å². The summed E-state index contributed by atoms with van der Waals surface area (Å²) in [5.74, 6) is -0.935. The minimum atomic E-state index is -1.20. The van der Waals surface area contributed by atoms with Crippen molar-refractivity contribution in [3.05, 3.63) is 11.6 Å². The molecule has 1 aliphatic carbocycles. The van der Waals surface area contributed by atoms with Gasteiger partial charge in [-0.3, -0.25) is 0 Å². The van der Waals surface area contributed by atoms with Crippen LogP contribution < -0.4 is 34.7 Å².